The van der Waals surface area contributed by atoms with Gasteiger partial charge >= 0.3 is 0 Å². The summed E-state index contributed by atoms with van der Waals surface area (Å²) in [6.07, 6.45) is 1.98. The van der Waals surface area contributed by atoms with Gasteiger partial charge in [-0.2, -0.15) is 0 Å². The highest BCUT2D eigenvalue weighted by Gasteiger charge is 2.18. The first kappa shape index (κ1) is 9.61. The summed E-state index contributed by atoms with van der Waals surface area (Å²) in [5.41, 5.74) is 1.06. The molecule has 0 bridgehead atoms. The molecule has 1 aliphatic heterocycles. The summed E-state index contributed by atoms with van der Waals surface area (Å²) in [5.74, 6) is 0. The summed E-state index contributed by atoms with van der Waals surface area (Å²) in [6.45, 7) is 6.39. The van der Waals surface area contributed by atoms with Crippen LogP contribution in [0.25, 0.3) is 0 Å². The van der Waals surface area contributed by atoms with Crippen LogP contribution in [-0.2, 0) is 13.6 Å². The molecule has 0 aliphatic carbocycles. The lowest BCUT2D eigenvalue weighted by molar-refractivity contribution is 0.163. The van der Waals surface area contributed by atoms with Crippen molar-refractivity contribution in [3.8, 4) is 0 Å². The van der Waals surface area contributed by atoms with Gasteiger partial charge in [-0.1, -0.05) is 5.21 Å². The molecule has 1 saturated heterocycles. The average Bonchev–Trinajstić information content (AvgIpc) is 2.56. The Morgan fingerprint density at radius 3 is 3.14 bits per heavy atom. The Morgan fingerprint density at radius 1 is 1.64 bits per heavy atom. The van der Waals surface area contributed by atoms with Crippen LogP contribution in [0, 0.1) is 0 Å². The second kappa shape index (κ2) is 4.06. The van der Waals surface area contributed by atoms with Gasteiger partial charge in [0.25, 0.3) is 0 Å². The smallest absolute Gasteiger partial charge is 0.0967 e. The van der Waals surface area contributed by atoms with Gasteiger partial charge in [0.15, 0.2) is 0 Å². The number of hydrogen-bond donors (Lipinski definition) is 1. The highest BCUT2D eigenvalue weighted by Crippen LogP contribution is 2.06. The number of piperazine rings is 1. The van der Waals surface area contributed by atoms with Crippen LogP contribution < -0.4 is 5.32 Å². The summed E-state index contributed by atoms with van der Waals surface area (Å²) in [4.78, 5) is 2.43. The van der Waals surface area contributed by atoms with E-state index in [1.165, 1.54) is 0 Å². The fraction of sp³-hybridized carbons (Fsp3) is 0.778. The summed E-state index contributed by atoms with van der Waals surface area (Å²) in [5, 5.41) is 11.4. The number of hydrogen-bond acceptors (Lipinski definition) is 4. The molecule has 0 aromatic carbocycles. The van der Waals surface area contributed by atoms with Crippen molar-refractivity contribution < 1.29 is 0 Å². The van der Waals surface area contributed by atoms with Crippen LogP contribution in [0.15, 0.2) is 6.20 Å². The first-order valence-electron chi connectivity index (χ1n) is 5.05. The third-order valence-electron chi connectivity index (χ3n) is 2.65. The van der Waals surface area contributed by atoms with Crippen molar-refractivity contribution in [2.75, 3.05) is 19.6 Å². The van der Waals surface area contributed by atoms with Gasteiger partial charge in [0, 0.05) is 45.5 Å². The SMILES string of the molecule is C[C@@H]1CNCCN1Cc1cn(C)nn1. The van der Waals surface area contributed by atoms with Gasteiger partial charge in [0.2, 0.25) is 0 Å². The van der Waals surface area contributed by atoms with E-state index in [1.54, 1.807) is 4.68 Å². The van der Waals surface area contributed by atoms with Gasteiger partial charge in [0.1, 0.15) is 0 Å². The maximum Gasteiger partial charge on any atom is 0.0967 e. The zero-order valence-electron chi connectivity index (χ0n) is 8.77. The van der Waals surface area contributed by atoms with Crippen LogP contribution in [-0.4, -0.2) is 45.6 Å². The molecule has 1 fully saturated rings. The standard InChI is InChI=1S/C9H17N5/c1-8-5-10-3-4-14(8)7-9-6-13(2)12-11-9/h6,8,10H,3-5,7H2,1-2H3/t8-/m1/s1. The molecule has 78 valence electrons. The maximum absolute atomic E-state index is 4.10. The summed E-state index contributed by atoms with van der Waals surface area (Å²) < 4.78 is 1.75. The third kappa shape index (κ3) is 2.10. The molecule has 1 aliphatic rings. The van der Waals surface area contributed by atoms with Crippen LogP contribution in [0.5, 0.6) is 0 Å². The first-order chi connectivity index (χ1) is 6.75. The molecule has 1 N–H and O–H groups in total. The highest BCUT2D eigenvalue weighted by molar-refractivity contribution is 4.93. The molecule has 1 aromatic heterocycles. The monoisotopic (exact) mass is 195 g/mol. The Labute approximate surface area is 84.1 Å². The number of aromatic nitrogens is 3. The third-order valence-corrected chi connectivity index (χ3v) is 2.65. The quantitative estimate of drug-likeness (QED) is 0.698. The molecule has 5 nitrogen and oxygen atoms in total. The largest absolute Gasteiger partial charge is 0.314 e. The Hall–Kier alpha value is -0.940. The summed E-state index contributed by atoms with van der Waals surface area (Å²) >= 11 is 0. The lowest BCUT2D eigenvalue weighted by Gasteiger charge is -2.33. The molecule has 0 radical (unpaired) electrons. The molecule has 0 saturated carbocycles. The van der Waals surface area contributed by atoms with Gasteiger partial charge in [-0.3, -0.25) is 9.58 Å². The van der Waals surface area contributed by atoms with E-state index in [9.17, 15) is 0 Å². The molecule has 2 heterocycles. The highest BCUT2D eigenvalue weighted by atomic mass is 15.4. The molecule has 5 heteroatoms. The summed E-state index contributed by atoms with van der Waals surface area (Å²) in [7, 11) is 1.90. The van der Waals surface area contributed by atoms with Crippen molar-refractivity contribution >= 4 is 0 Å². The predicted octanol–water partition coefficient (Wildman–Crippen LogP) is -0.391. The van der Waals surface area contributed by atoms with Gasteiger partial charge < -0.3 is 5.32 Å². The molecule has 0 amide bonds. The van der Waals surface area contributed by atoms with E-state index >= 15 is 0 Å². The fourth-order valence-electron chi connectivity index (χ4n) is 1.79. The minimum absolute atomic E-state index is 0.589. The van der Waals surface area contributed by atoms with Crippen molar-refractivity contribution in [1.82, 2.24) is 25.2 Å². The number of nitrogens with zero attached hydrogens (tertiary/aromatic N) is 4. The van der Waals surface area contributed by atoms with E-state index in [2.05, 4.69) is 27.5 Å². The Balaban J connectivity index is 1.95. The molecule has 1 aromatic rings. The lowest BCUT2D eigenvalue weighted by Crippen LogP contribution is -2.49. The topological polar surface area (TPSA) is 46.0 Å². The van der Waals surface area contributed by atoms with Crippen molar-refractivity contribution in [2.45, 2.75) is 19.5 Å². The van der Waals surface area contributed by atoms with Gasteiger partial charge in [-0.05, 0) is 6.92 Å². The molecular weight excluding hydrogens is 178 g/mol. The van der Waals surface area contributed by atoms with Crippen LogP contribution in [0.3, 0.4) is 0 Å². The number of aryl methyl sites for hydroxylation is 1. The van der Waals surface area contributed by atoms with Gasteiger partial charge in [-0.25, -0.2) is 0 Å². The molecule has 14 heavy (non-hydrogen) atoms. The van der Waals surface area contributed by atoms with Crippen LogP contribution in [0.2, 0.25) is 0 Å². The molecule has 0 unspecified atom stereocenters. The van der Waals surface area contributed by atoms with Crippen LogP contribution >= 0.6 is 0 Å². The van der Waals surface area contributed by atoms with E-state index in [-0.39, 0.29) is 0 Å². The van der Waals surface area contributed by atoms with Crippen molar-refractivity contribution in [1.29, 1.82) is 0 Å². The normalized spacial score (nSPS) is 24.0. The summed E-state index contributed by atoms with van der Waals surface area (Å²) in [6, 6.07) is 0.589. The van der Waals surface area contributed by atoms with Crippen LogP contribution in [0.1, 0.15) is 12.6 Å². The molecule has 2 rings (SSSR count). The van der Waals surface area contributed by atoms with Gasteiger partial charge in [-0.15, -0.1) is 5.10 Å². The van der Waals surface area contributed by atoms with Gasteiger partial charge in [0.05, 0.1) is 5.69 Å². The molecule has 1 atom stereocenters. The Bertz CT molecular complexity index is 295. The van der Waals surface area contributed by atoms with Crippen molar-refractivity contribution in [2.24, 2.45) is 7.05 Å². The maximum atomic E-state index is 4.10. The fourth-order valence-corrected chi connectivity index (χ4v) is 1.79. The Kier molecular flexibility index (Phi) is 2.79. The van der Waals surface area contributed by atoms with Crippen molar-refractivity contribution in [3.05, 3.63) is 11.9 Å². The minimum atomic E-state index is 0.589. The first-order valence-corrected chi connectivity index (χ1v) is 5.05. The average molecular weight is 195 g/mol. The second-order valence-corrected chi connectivity index (χ2v) is 3.91. The predicted molar refractivity (Wildman–Crippen MR) is 53.7 cm³/mol. The zero-order chi connectivity index (χ0) is 9.97. The van der Waals surface area contributed by atoms with Crippen LogP contribution in [0.4, 0.5) is 0 Å². The zero-order valence-corrected chi connectivity index (χ0v) is 8.77. The lowest BCUT2D eigenvalue weighted by atomic mass is 10.2. The van der Waals surface area contributed by atoms with E-state index in [0.717, 1.165) is 31.9 Å². The molecular formula is C9H17N5. The van der Waals surface area contributed by atoms with E-state index < -0.39 is 0 Å². The van der Waals surface area contributed by atoms with E-state index in [4.69, 9.17) is 0 Å². The molecule has 0 spiro atoms. The number of rotatable bonds is 2. The van der Waals surface area contributed by atoms with Crippen molar-refractivity contribution in [3.63, 3.8) is 0 Å². The van der Waals surface area contributed by atoms with E-state index in [1.807, 2.05) is 13.2 Å². The minimum Gasteiger partial charge on any atom is -0.314 e. The number of nitrogens with one attached hydrogen (secondary N) is 1. The Morgan fingerprint density at radius 2 is 2.50 bits per heavy atom. The second-order valence-electron chi connectivity index (χ2n) is 3.91. The van der Waals surface area contributed by atoms with E-state index in [0.29, 0.717) is 6.04 Å².